The topological polar surface area (TPSA) is 149 Å². The third-order valence-electron chi connectivity index (χ3n) is 10.8. The van der Waals surface area contributed by atoms with Gasteiger partial charge in [0.25, 0.3) is 0 Å². The van der Waals surface area contributed by atoms with Gasteiger partial charge in [-0.1, -0.05) is 58.8 Å². The first-order valence-electron chi connectivity index (χ1n) is 16.2. The number of phenols is 1. The summed E-state index contributed by atoms with van der Waals surface area (Å²) in [7, 11) is 0. The molecule has 0 amide bonds. The van der Waals surface area contributed by atoms with Crippen molar-refractivity contribution < 1.29 is 39.9 Å². The van der Waals surface area contributed by atoms with E-state index in [2.05, 4.69) is 19.0 Å². The van der Waals surface area contributed by atoms with E-state index >= 15 is 0 Å². The van der Waals surface area contributed by atoms with Crippen molar-refractivity contribution in [2.45, 2.75) is 142 Å². The van der Waals surface area contributed by atoms with Gasteiger partial charge in [-0.15, -0.1) is 0 Å². The maximum Gasteiger partial charge on any atom is 0.339 e. The maximum atomic E-state index is 11.8. The summed E-state index contributed by atoms with van der Waals surface area (Å²) in [5.41, 5.74) is 0.0988. The van der Waals surface area contributed by atoms with E-state index in [1.54, 1.807) is 19.1 Å². The number of aryl methyl sites for hydroxylation is 2. The van der Waals surface area contributed by atoms with Gasteiger partial charge in [0, 0.05) is 41.4 Å². The average Bonchev–Trinajstić information content (AvgIpc) is 3.33. The minimum Gasteiger partial charge on any atom is -0.507 e. The minimum absolute atomic E-state index is 0. The van der Waals surface area contributed by atoms with Crippen molar-refractivity contribution in [3.8, 4) is 5.75 Å². The number of aliphatic hydroxyl groups excluding tert-OH is 1. The van der Waals surface area contributed by atoms with Crippen LogP contribution in [0.4, 0.5) is 0 Å². The smallest absolute Gasteiger partial charge is 0.339 e. The van der Waals surface area contributed by atoms with E-state index in [4.69, 9.17) is 9.47 Å². The summed E-state index contributed by atoms with van der Waals surface area (Å²) in [6.07, 6.45) is 3.62. The number of oxime groups is 1. The first kappa shape index (κ1) is 39.0. The molecule has 1 aromatic carbocycles. The van der Waals surface area contributed by atoms with Gasteiger partial charge in [0.1, 0.15) is 11.3 Å². The van der Waals surface area contributed by atoms with Crippen LogP contribution in [0.2, 0.25) is 0 Å². The molecule has 9 nitrogen and oxygen atoms in total. The fraction of sp³-hybridized carbons (Fsp3) is 0.765. The van der Waals surface area contributed by atoms with Crippen molar-refractivity contribution in [2.24, 2.45) is 28.8 Å². The van der Waals surface area contributed by atoms with Crippen LogP contribution in [0.5, 0.6) is 5.75 Å². The van der Waals surface area contributed by atoms with E-state index in [0.717, 1.165) is 12.8 Å². The van der Waals surface area contributed by atoms with Gasteiger partial charge in [0.15, 0.2) is 0 Å². The first-order valence-corrected chi connectivity index (χ1v) is 16.2. The van der Waals surface area contributed by atoms with Gasteiger partial charge >= 0.3 is 5.97 Å². The summed E-state index contributed by atoms with van der Waals surface area (Å²) < 4.78 is 13.4. The number of benzene rings is 1. The Balaban J connectivity index is 0.00000675. The number of carbonyl (C=O) groups is 1. The number of aliphatic hydroxyl groups is 2. The number of carboxylic acids is 1. The quantitative estimate of drug-likeness (QED) is 0.0806. The summed E-state index contributed by atoms with van der Waals surface area (Å²) in [5.74, 6) is -2.16. The zero-order valence-corrected chi connectivity index (χ0v) is 30.3. The number of aromatic hydroxyl groups is 1. The fourth-order valence-corrected chi connectivity index (χ4v) is 7.63. The Bertz CT molecular complexity index is 1150. The number of hydrogen-bond acceptors (Lipinski definition) is 8. The van der Waals surface area contributed by atoms with Crippen LogP contribution in [0, 0.1) is 30.6 Å². The molecule has 0 bridgehead atoms. The molecule has 2 aliphatic heterocycles. The zero-order valence-electron chi connectivity index (χ0n) is 28.3. The molecule has 2 saturated heterocycles. The molecule has 10 atom stereocenters. The molecule has 0 saturated carbocycles. The van der Waals surface area contributed by atoms with Crippen LogP contribution >= 0.6 is 0 Å². The number of nitrogens with zero attached hydrogens (tertiary/aromatic N) is 1. The Labute approximate surface area is 285 Å². The largest absolute Gasteiger partial charge is 0.507 e. The van der Waals surface area contributed by atoms with Crippen molar-refractivity contribution in [2.75, 3.05) is 0 Å². The van der Waals surface area contributed by atoms with Gasteiger partial charge in [0.2, 0.25) is 0 Å². The molecule has 2 heterocycles. The molecule has 44 heavy (non-hydrogen) atoms. The van der Waals surface area contributed by atoms with Crippen LogP contribution in [-0.2, 0) is 15.9 Å². The summed E-state index contributed by atoms with van der Waals surface area (Å²) in [6, 6.07) is 3.42. The molecule has 10 unspecified atom stereocenters. The van der Waals surface area contributed by atoms with E-state index in [9.17, 15) is 30.4 Å². The van der Waals surface area contributed by atoms with E-state index in [1.807, 2.05) is 34.6 Å². The van der Waals surface area contributed by atoms with E-state index < -0.39 is 29.2 Å². The van der Waals surface area contributed by atoms with Crippen LogP contribution in [-0.4, -0.2) is 102 Å². The van der Waals surface area contributed by atoms with Crippen molar-refractivity contribution >= 4 is 41.2 Å². The Morgan fingerprint density at radius 3 is 2.34 bits per heavy atom. The molecule has 2 aliphatic rings. The fourth-order valence-electron chi connectivity index (χ4n) is 7.63. The van der Waals surface area contributed by atoms with Crippen molar-refractivity contribution in [1.29, 1.82) is 0 Å². The number of aromatic carboxylic acids is 1. The van der Waals surface area contributed by atoms with E-state index in [0.29, 0.717) is 55.4 Å². The van der Waals surface area contributed by atoms with Gasteiger partial charge in [-0.3, -0.25) is 0 Å². The monoisotopic (exact) mass is 628 g/mol. The number of hydrogen-bond donors (Lipinski definition) is 5. The third kappa shape index (κ3) is 7.84. The molecule has 0 aliphatic carbocycles. The molecule has 1 radical (unpaired) electrons. The molecule has 245 valence electrons. The Morgan fingerprint density at radius 2 is 1.82 bits per heavy atom. The molecule has 5 N–H and O–H groups in total. The van der Waals surface area contributed by atoms with Crippen LogP contribution in [0.3, 0.4) is 0 Å². The molecule has 3 rings (SSSR count). The Kier molecular flexibility index (Phi) is 14.2. The second kappa shape index (κ2) is 16.1. The van der Waals surface area contributed by atoms with Crippen LogP contribution in [0.1, 0.15) is 115 Å². The normalized spacial score (nSPS) is 32.0. The number of rotatable bonds is 13. The molecule has 0 aromatic heterocycles. The van der Waals surface area contributed by atoms with Crippen LogP contribution in [0.25, 0.3) is 0 Å². The van der Waals surface area contributed by atoms with Crippen molar-refractivity contribution in [3.05, 3.63) is 28.8 Å². The molecule has 10 heteroatoms. The SMILES string of the molecule is CCC(C(=NO)C(C)C(O)C(C)CCc1ccc(C)c(O)c1C(=O)O)C1OC(CC)(C2CCC(O)(CC)C(C)O2)CC1C.[Na]. The Hall–Kier alpha value is -1.20. The van der Waals surface area contributed by atoms with Crippen molar-refractivity contribution in [3.63, 3.8) is 0 Å². The third-order valence-corrected chi connectivity index (χ3v) is 10.8. The van der Waals surface area contributed by atoms with Crippen LogP contribution in [0.15, 0.2) is 17.3 Å². The average molecular weight is 629 g/mol. The van der Waals surface area contributed by atoms with Gasteiger partial charge in [-0.05, 0) is 88.2 Å². The second-order valence-corrected chi connectivity index (χ2v) is 13.4. The number of carboxylic acid groups (broad SMARTS) is 1. The molecule has 2 fully saturated rings. The summed E-state index contributed by atoms with van der Waals surface area (Å²) >= 11 is 0. The molecular formula is C34H55NNaO8. The van der Waals surface area contributed by atoms with E-state index in [-0.39, 0.29) is 76.9 Å². The van der Waals surface area contributed by atoms with Gasteiger partial charge in [-0.25, -0.2) is 4.79 Å². The van der Waals surface area contributed by atoms with Gasteiger partial charge < -0.3 is 35.1 Å². The Morgan fingerprint density at radius 1 is 1.16 bits per heavy atom. The maximum absolute atomic E-state index is 11.8. The summed E-state index contributed by atoms with van der Waals surface area (Å²) in [6.45, 7) is 15.7. The first-order chi connectivity index (χ1) is 20.2. The predicted molar refractivity (Wildman–Crippen MR) is 172 cm³/mol. The number of ether oxygens (including phenoxy) is 2. The van der Waals surface area contributed by atoms with E-state index in [1.165, 1.54) is 0 Å². The van der Waals surface area contributed by atoms with Gasteiger partial charge in [-0.2, -0.15) is 0 Å². The second-order valence-electron chi connectivity index (χ2n) is 13.4. The molecule has 1 aromatic rings. The standard InChI is InChI=1S/C34H55NO8.Na/c1-9-25(31-21(6)18-34(11-3,43-31)26-16-17-33(40,10-2)23(8)42-26)28(35-41)22(7)29(36)19(4)12-14-24-15-13-20(5)30(37)27(24)32(38)39;/h13,15,19,21-23,25-26,29,31,36-37,40-41H,9-12,14,16-18H2,1-8H3,(H,38,39);. The molecule has 0 spiro atoms. The molecular weight excluding hydrogens is 573 g/mol. The zero-order chi connectivity index (χ0) is 32.3. The summed E-state index contributed by atoms with van der Waals surface area (Å²) in [5, 5.41) is 56.3. The predicted octanol–water partition coefficient (Wildman–Crippen LogP) is 5.72. The van der Waals surface area contributed by atoms with Crippen LogP contribution < -0.4 is 0 Å². The van der Waals surface area contributed by atoms with Gasteiger partial charge in [0.05, 0.1) is 41.3 Å². The van der Waals surface area contributed by atoms with Crippen molar-refractivity contribution in [1.82, 2.24) is 0 Å². The summed E-state index contributed by atoms with van der Waals surface area (Å²) in [4.78, 5) is 11.8. The minimum atomic E-state index is -1.18.